The van der Waals surface area contributed by atoms with Gasteiger partial charge >= 0.3 is 0 Å². The van der Waals surface area contributed by atoms with Gasteiger partial charge in [-0.05, 0) is 38.5 Å². The van der Waals surface area contributed by atoms with Crippen LogP contribution in [0.3, 0.4) is 0 Å². The molecule has 2 N–H and O–H groups in total. The molecule has 2 rings (SSSR count). The predicted octanol–water partition coefficient (Wildman–Crippen LogP) is 2.40. The van der Waals surface area contributed by atoms with Crippen LogP contribution in [0.15, 0.2) is 24.4 Å². The molecule has 0 aliphatic rings. The van der Waals surface area contributed by atoms with Gasteiger partial charge in [0.25, 0.3) is 5.91 Å². The van der Waals surface area contributed by atoms with Gasteiger partial charge in [0.05, 0.1) is 5.69 Å². The van der Waals surface area contributed by atoms with Crippen molar-refractivity contribution in [3.8, 4) is 0 Å². The molecule has 1 aromatic carbocycles. The number of nitrogens with zero attached hydrogens (tertiary/aromatic N) is 2. The smallest absolute Gasteiger partial charge is 0.251 e. The first-order valence-electron chi connectivity index (χ1n) is 7.13. The highest BCUT2D eigenvalue weighted by Crippen LogP contribution is 2.18. The highest BCUT2D eigenvalue weighted by Gasteiger charge is 2.08. The lowest BCUT2D eigenvalue weighted by molar-refractivity contribution is 0.0956. The van der Waals surface area contributed by atoms with Gasteiger partial charge < -0.3 is 10.6 Å². The molecule has 1 heterocycles. The lowest BCUT2D eigenvalue weighted by atomic mass is 10.1. The van der Waals surface area contributed by atoms with Crippen molar-refractivity contribution in [1.82, 2.24) is 15.1 Å². The molecule has 0 bridgehead atoms. The third-order valence-electron chi connectivity index (χ3n) is 3.42. The van der Waals surface area contributed by atoms with E-state index in [1.807, 2.05) is 56.9 Å². The van der Waals surface area contributed by atoms with Gasteiger partial charge in [-0.15, -0.1) is 0 Å². The van der Waals surface area contributed by atoms with E-state index in [4.69, 9.17) is 0 Å². The third kappa shape index (κ3) is 3.62. The van der Waals surface area contributed by atoms with E-state index in [0.717, 1.165) is 22.5 Å². The highest BCUT2D eigenvalue weighted by atomic mass is 16.1. The summed E-state index contributed by atoms with van der Waals surface area (Å²) >= 11 is 0. The zero-order chi connectivity index (χ0) is 15.4. The molecule has 5 nitrogen and oxygen atoms in total. The monoisotopic (exact) mass is 286 g/mol. The molecule has 112 valence electrons. The van der Waals surface area contributed by atoms with Crippen LogP contribution in [0.4, 0.5) is 5.69 Å². The summed E-state index contributed by atoms with van der Waals surface area (Å²) in [6, 6.07) is 5.70. The standard InChI is InChI=1S/C16H22N4O/c1-5-17-16(21)13-7-6-11(2)15(8-13)18-9-14-10-20(4)19-12(14)3/h6-8,10,18H,5,9H2,1-4H3,(H,17,21). The van der Waals surface area contributed by atoms with Crippen LogP contribution in [0.1, 0.15) is 34.1 Å². The summed E-state index contributed by atoms with van der Waals surface area (Å²) in [6.45, 7) is 7.26. The number of anilines is 1. The molecule has 0 unspecified atom stereocenters. The molecule has 0 saturated heterocycles. The van der Waals surface area contributed by atoms with Crippen molar-refractivity contribution < 1.29 is 4.79 Å². The zero-order valence-electron chi connectivity index (χ0n) is 13.0. The normalized spacial score (nSPS) is 10.5. The van der Waals surface area contributed by atoms with Crippen molar-refractivity contribution in [3.63, 3.8) is 0 Å². The molecule has 21 heavy (non-hydrogen) atoms. The van der Waals surface area contributed by atoms with E-state index in [2.05, 4.69) is 15.7 Å². The zero-order valence-corrected chi connectivity index (χ0v) is 13.0. The summed E-state index contributed by atoms with van der Waals surface area (Å²) < 4.78 is 1.81. The van der Waals surface area contributed by atoms with Crippen LogP contribution in [0.2, 0.25) is 0 Å². The van der Waals surface area contributed by atoms with Gasteiger partial charge in [0.1, 0.15) is 0 Å². The number of aryl methyl sites for hydroxylation is 3. The molecule has 0 fully saturated rings. The first-order valence-corrected chi connectivity index (χ1v) is 7.13. The lowest BCUT2D eigenvalue weighted by Crippen LogP contribution is -2.22. The van der Waals surface area contributed by atoms with Gasteiger partial charge in [0.15, 0.2) is 0 Å². The molecule has 0 radical (unpaired) electrons. The average Bonchev–Trinajstić information content (AvgIpc) is 2.76. The number of rotatable bonds is 5. The number of hydrogen-bond donors (Lipinski definition) is 2. The fourth-order valence-electron chi connectivity index (χ4n) is 2.23. The summed E-state index contributed by atoms with van der Waals surface area (Å²) in [6.07, 6.45) is 2.01. The number of benzene rings is 1. The minimum Gasteiger partial charge on any atom is -0.381 e. The second-order valence-corrected chi connectivity index (χ2v) is 5.16. The van der Waals surface area contributed by atoms with E-state index in [0.29, 0.717) is 18.7 Å². The van der Waals surface area contributed by atoms with Gasteiger partial charge in [0.2, 0.25) is 0 Å². The maximum absolute atomic E-state index is 11.9. The van der Waals surface area contributed by atoms with Crippen LogP contribution in [0.5, 0.6) is 0 Å². The van der Waals surface area contributed by atoms with Gasteiger partial charge in [-0.25, -0.2) is 0 Å². The molecule has 0 saturated carbocycles. The minimum atomic E-state index is -0.0434. The predicted molar refractivity (Wildman–Crippen MR) is 84.5 cm³/mol. The molecule has 2 aromatic rings. The maximum Gasteiger partial charge on any atom is 0.251 e. The Morgan fingerprint density at radius 2 is 2.10 bits per heavy atom. The highest BCUT2D eigenvalue weighted by molar-refractivity contribution is 5.95. The summed E-state index contributed by atoms with van der Waals surface area (Å²) in [5.41, 5.74) is 4.93. The third-order valence-corrected chi connectivity index (χ3v) is 3.42. The minimum absolute atomic E-state index is 0.0434. The van der Waals surface area contributed by atoms with Gasteiger partial charge in [-0.3, -0.25) is 9.48 Å². The molecular weight excluding hydrogens is 264 g/mol. The average molecular weight is 286 g/mol. The maximum atomic E-state index is 11.9. The SMILES string of the molecule is CCNC(=O)c1ccc(C)c(NCc2cn(C)nc2C)c1. The van der Waals surface area contributed by atoms with Crippen LogP contribution >= 0.6 is 0 Å². The summed E-state index contributed by atoms with van der Waals surface area (Å²) in [5.74, 6) is -0.0434. The number of aromatic nitrogens is 2. The van der Waals surface area contributed by atoms with E-state index >= 15 is 0 Å². The topological polar surface area (TPSA) is 59.0 Å². The number of nitrogens with one attached hydrogen (secondary N) is 2. The van der Waals surface area contributed by atoms with Crippen molar-refractivity contribution in [2.45, 2.75) is 27.3 Å². The first-order chi connectivity index (χ1) is 10.0. The van der Waals surface area contributed by atoms with E-state index < -0.39 is 0 Å². The molecule has 0 aliphatic carbocycles. The molecule has 0 atom stereocenters. The van der Waals surface area contributed by atoms with Crippen molar-refractivity contribution in [2.75, 3.05) is 11.9 Å². The van der Waals surface area contributed by atoms with Crippen LogP contribution in [0, 0.1) is 13.8 Å². The van der Waals surface area contributed by atoms with E-state index in [1.54, 1.807) is 0 Å². The van der Waals surface area contributed by atoms with E-state index in [1.165, 1.54) is 0 Å². The van der Waals surface area contributed by atoms with Crippen molar-refractivity contribution in [2.24, 2.45) is 7.05 Å². The van der Waals surface area contributed by atoms with Crippen molar-refractivity contribution in [1.29, 1.82) is 0 Å². The second-order valence-electron chi connectivity index (χ2n) is 5.16. The largest absolute Gasteiger partial charge is 0.381 e. The quantitative estimate of drug-likeness (QED) is 0.887. The van der Waals surface area contributed by atoms with Crippen LogP contribution in [0.25, 0.3) is 0 Å². The first kappa shape index (κ1) is 15.1. The molecule has 1 aromatic heterocycles. The van der Waals surface area contributed by atoms with Crippen LogP contribution in [-0.4, -0.2) is 22.2 Å². The van der Waals surface area contributed by atoms with Crippen LogP contribution < -0.4 is 10.6 Å². The fourth-order valence-corrected chi connectivity index (χ4v) is 2.23. The van der Waals surface area contributed by atoms with Gasteiger partial charge in [-0.1, -0.05) is 6.07 Å². The van der Waals surface area contributed by atoms with Crippen molar-refractivity contribution in [3.05, 3.63) is 46.8 Å². The Balaban J connectivity index is 2.14. The molecule has 0 spiro atoms. The van der Waals surface area contributed by atoms with Gasteiger partial charge in [-0.2, -0.15) is 5.10 Å². The summed E-state index contributed by atoms with van der Waals surface area (Å²) in [4.78, 5) is 11.9. The molecule has 0 aliphatic heterocycles. The Morgan fingerprint density at radius 1 is 1.33 bits per heavy atom. The molecule has 1 amide bonds. The van der Waals surface area contributed by atoms with Gasteiger partial charge in [0, 0.05) is 43.1 Å². The Hall–Kier alpha value is -2.30. The molecular formula is C16H22N4O. The van der Waals surface area contributed by atoms with E-state index in [9.17, 15) is 4.79 Å². The Labute approximate surface area is 125 Å². The number of carbonyl (C=O) groups excluding carboxylic acids is 1. The Morgan fingerprint density at radius 3 is 2.71 bits per heavy atom. The van der Waals surface area contributed by atoms with E-state index in [-0.39, 0.29) is 5.91 Å². The fraction of sp³-hybridized carbons (Fsp3) is 0.375. The van der Waals surface area contributed by atoms with Crippen LogP contribution in [-0.2, 0) is 13.6 Å². The number of carbonyl (C=O) groups is 1. The summed E-state index contributed by atoms with van der Waals surface area (Å²) in [7, 11) is 1.91. The van der Waals surface area contributed by atoms with Crippen molar-refractivity contribution >= 4 is 11.6 Å². The number of amides is 1. The number of hydrogen-bond acceptors (Lipinski definition) is 3. The summed E-state index contributed by atoms with van der Waals surface area (Å²) in [5, 5.41) is 10.5. The molecule has 5 heteroatoms. The lowest BCUT2D eigenvalue weighted by Gasteiger charge is -2.11. The Bertz CT molecular complexity index is 646. The second kappa shape index (κ2) is 6.43. The Kier molecular flexibility index (Phi) is 4.62.